The fourth-order valence-corrected chi connectivity index (χ4v) is 2.89. The molecule has 1 aromatic heterocycles. The van der Waals surface area contributed by atoms with Crippen LogP contribution in [-0.4, -0.2) is 24.2 Å². The average molecular weight is 406 g/mol. The summed E-state index contributed by atoms with van der Waals surface area (Å²) in [5.74, 6) is 0.750. The standard InChI is InChI=1S/C20H17Cl2NO4/c21-15-7-8-19(16(22)10-15)27-12-20(25)23-11-17(24)13-3-5-14(6-4-13)18-2-1-9-26-18/h1-10,17,24H,11-12H2,(H,23,25)/t17-/m1/s1. The smallest absolute Gasteiger partial charge is 0.258 e. The van der Waals surface area contributed by atoms with Crippen molar-refractivity contribution in [2.45, 2.75) is 6.10 Å². The normalized spacial score (nSPS) is 11.8. The molecule has 0 saturated heterocycles. The van der Waals surface area contributed by atoms with Gasteiger partial charge in [-0.1, -0.05) is 47.5 Å². The molecule has 5 nitrogen and oxygen atoms in total. The van der Waals surface area contributed by atoms with Gasteiger partial charge < -0.3 is 19.6 Å². The van der Waals surface area contributed by atoms with Crippen LogP contribution in [-0.2, 0) is 4.79 Å². The van der Waals surface area contributed by atoms with Crippen molar-refractivity contribution in [3.05, 3.63) is 76.5 Å². The van der Waals surface area contributed by atoms with E-state index in [0.717, 1.165) is 11.3 Å². The first-order valence-corrected chi connectivity index (χ1v) is 8.95. The molecule has 0 saturated carbocycles. The fourth-order valence-electron chi connectivity index (χ4n) is 2.43. The van der Waals surface area contributed by atoms with E-state index in [4.69, 9.17) is 32.4 Å². The summed E-state index contributed by atoms with van der Waals surface area (Å²) in [6, 6.07) is 15.7. The van der Waals surface area contributed by atoms with Gasteiger partial charge in [0.05, 0.1) is 17.4 Å². The molecule has 1 heterocycles. The van der Waals surface area contributed by atoms with Crippen LogP contribution in [0.3, 0.4) is 0 Å². The minimum Gasteiger partial charge on any atom is -0.482 e. The van der Waals surface area contributed by atoms with Gasteiger partial charge in [0.1, 0.15) is 11.5 Å². The zero-order valence-electron chi connectivity index (χ0n) is 14.2. The number of ether oxygens (including phenoxy) is 1. The third-order valence-corrected chi connectivity index (χ3v) is 4.38. The van der Waals surface area contributed by atoms with Crippen LogP contribution in [0.15, 0.2) is 65.3 Å². The summed E-state index contributed by atoms with van der Waals surface area (Å²) in [6.45, 7) is -0.151. The third-order valence-electron chi connectivity index (χ3n) is 3.85. The highest BCUT2D eigenvalue weighted by atomic mass is 35.5. The molecule has 7 heteroatoms. The summed E-state index contributed by atoms with van der Waals surface area (Å²) in [5.41, 5.74) is 1.60. The van der Waals surface area contributed by atoms with E-state index in [1.54, 1.807) is 30.5 Å². The highest BCUT2D eigenvalue weighted by Gasteiger charge is 2.11. The summed E-state index contributed by atoms with van der Waals surface area (Å²) in [6.07, 6.45) is 0.770. The van der Waals surface area contributed by atoms with Gasteiger partial charge in [0.2, 0.25) is 0 Å². The van der Waals surface area contributed by atoms with E-state index in [1.807, 2.05) is 24.3 Å². The quantitative estimate of drug-likeness (QED) is 0.607. The molecule has 0 spiro atoms. The number of aliphatic hydroxyl groups is 1. The Labute approximate surface area is 166 Å². The predicted molar refractivity (Wildman–Crippen MR) is 104 cm³/mol. The van der Waals surface area contributed by atoms with E-state index < -0.39 is 6.10 Å². The lowest BCUT2D eigenvalue weighted by Gasteiger charge is -2.13. The fraction of sp³-hybridized carbons (Fsp3) is 0.150. The maximum Gasteiger partial charge on any atom is 0.258 e. The molecule has 1 amide bonds. The van der Waals surface area contributed by atoms with Crippen molar-refractivity contribution >= 4 is 29.1 Å². The van der Waals surface area contributed by atoms with Gasteiger partial charge in [-0.05, 0) is 35.9 Å². The van der Waals surface area contributed by atoms with Gasteiger partial charge in [-0.15, -0.1) is 0 Å². The van der Waals surface area contributed by atoms with Crippen LogP contribution in [0.5, 0.6) is 5.75 Å². The topological polar surface area (TPSA) is 71.7 Å². The lowest BCUT2D eigenvalue weighted by molar-refractivity contribution is -0.123. The van der Waals surface area contributed by atoms with E-state index in [0.29, 0.717) is 21.4 Å². The van der Waals surface area contributed by atoms with Crippen molar-refractivity contribution < 1.29 is 19.1 Å². The van der Waals surface area contributed by atoms with E-state index in [-0.39, 0.29) is 19.1 Å². The minimum atomic E-state index is -0.835. The lowest BCUT2D eigenvalue weighted by atomic mass is 10.1. The zero-order chi connectivity index (χ0) is 19.2. The number of benzene rings is 2. The van der Waals surface area contributed by atoms with Gasteiger partial charge >= 0.3 is 0 Å². The summed E-state index contributed by atoms with van der Waals surface area (Å²) < 4.78 is 10.7. The Morgan fingerprint density at radius 1 is 1.15 bits per heavy atom. The SMILES string of the molecule is O=C(COc1ccc(Cl)cc1Cl)NC[C@@H](O)c1ccc(-c2ccco2)cc1. The maximum absolute atomic E-state index is 11.9. The Morgan fingerprint density at radius 3 is 2.59 bits per heavy atom. The van der Waals surface area contributed by atoms with Crippen molar-refractivity contribution in [2.75, 3.05) is 13.2 Å². The number of halogens is 2. The van der Waals surface area contributed by atoms with Crippen LogP contribution in [0.25, 0.3) is 11.3 Å². The highest BCUT2D eigenvalue weighted by Crippen LogP contribution is 2.27. The van der Waals surface area contributed by atoms with Gasteiger partial charge in [0, 0.05) is 17.1 Å². The largest absolute Gasteiger partial charge is 0.482 e. The summed E-state index contributed by atoms with van der Waals surface area (Å²) in [7, 11) is 0. The van der Waals surface area contributed by atoms with E-state index in [1.165, 1.54) is 6.07 Å². The molecular weight excluding hydrogens is 389 g/mol. The van der Waals surface area contributed by atoms with Gasteiger partial charge in [-0.2, -0.15) is 0 Å². The van der Waals surface area contributed by atoms with Gasteiger partial charge in [0.25, 0.3) is 5.91 Å². The van der Waals surface area contributed by atoms with Crippen LogP contribution in [0.1, 0.15) is 11.7 Å². The molecule has 0 unspecified atom stereocenters. The molecule has 1 atom stereocenters. The maximum atomic E-state index is 11.9. The molecular formula is C20H17Cl2NO4. The highest BCUT2D eigenvalue weighted by molar-refractivity contribution is 6.35. The van der Waals surface area contributed by atoms with Crippen molar-refractivity contribution in [1.82, 2.24) is 5.32 Å². The first kappa shape index (κ1) is 19.3. The number of nitrogens with one attached hydrogen (secondary N) is 1. The Morgan fingerprint density at radius 2 is 1.93 bits per heavy atom. The molecule has 140 valence electrons. The molecule has 0 aliphatic carbocycles. The first-order valence-electron chi connectivity index (χ1n) is 8.19. The monoisotopic (exact) mass is 405 g/mol. The minimum absolute atomic E-state index is 0.0661. The molecule has 3 aromatic rings. The van der Waals surface area contributed by atoms with Crippen LogP contribution in [0, 0.1) is 0 Å². The van der Waals surface area contributed by atoms with Crippen LogP contribution in [0.4, 0.5) is 0 Å². The average Bonchev–Trinajstić information content (AvgIpc) is 3.20. The van der Waals surface area contributed by atoms with Crippen molar-refractivity contribution in [1.29, 1.82) is 0 Å². The Hall–Kier alpha value is -2.47. The molecule has 0 fully saturated rings. The molecule has 2 N–H and O–H groups in total. The number of amides is 1. The second kappa shape index (κ2) is 8.95. The number of hydrogen-bond acceptors (Lipinski definition) is 4. The van der Waals surface area contributed by atoms with Gasteiger partial charge in [-0.25, -0.2) is 0 Å². The molecule has 0 radical (unpaired) electrons. The van der Waals surface area contributed by atoms with E-state index >= 15 is 0 Å². The summed E-state index contributed by atoms with van der Waals surface area (Å²) in [5, 5.41) is 13.7. The number of aliphatic hydroxyl groups excluding tert-OH is 1. The Kier molecular flexibility index (Phi) is 6.40. The second-order valence-corrected chi connectivity index (χ2v) is 6.63. The van der Waals surface area contributed by atoms with E-state index in [2.05, 4.69) is 5.32 Å². The van der Waals surface area contributed by atoms with Crippen molar-refractivity contribution in [3.8, 4) is 17.1 Å². The molecule has 0 aliphatic heterocycles. The molecule has 3 rings (SSSR count). The van der Waals surface area contributed by atoms with Crippen LogP contribution >= 0.6 is 23.2 Å². The second-order valence-electron chi connectivity index (χ2n) is 5.78. The Bertz CT molecular complexity index is 895. The molecule has 0 bridgehead atoms. The lowest BCUT2D eigenvalue weighted by Crippen LogP contribution is -2.32. The van der Waals surface area contributed by atoms with Gasteiger partial charge in [-0.3, -0.25) is 4.79 Å². The zero-order valence-corrected chi connectivity index (χ0v) is 15.7. The summed E-state index contributed by atoms with van der Waals surface area (Å²) >= 11 is 11.8. The van der Waals surface area contributed by atoms with Crippen molar-refractivity contribution in [2.24, 2.45) is 0 Å². The number of furan rings is 1. The first-order chi connectivity index (χ1) is 13.0. The number of rotatable bonds is 7. The number of carbonyl (C=O) groups is 1. The summed E-state index contributed by atoms with van der Waals surface area (Å²) in [4.78, 5) is 11.9. The van der Waals surface area contributed by atoms with E-state index in [9.17, 15) is 9.90 Å². The molecule has 0 aliphatic rings. The number of carbonyl (C=O) groups excluding carboxylic acids is 1. The number of hydrogen-bond donors (Lipinski definition) is 2. The van der Waals surface area contributed by atoms with Gasteiger partial charge in [0.15, 0.2) is 6.61 Å². The molecule has 2 aromatic carbocycles. The Balaban J connectivity index is 1.48. The third kappa shape index (κ3) is 5.26. The van der Waals surface area contributed by atoms with Crippen LogP contribution in [0.2, 0.25) is 10.0 Å². The van der Waals surface area contributed by atoms with Crippen molar-refractivity contribution in [3.63, 3.8) is 0 Å². The molecule has 27 heavy (non-hydrogen) atoms. The predicted octanol–water partition coefficient (Wildman–Crippen LogP) is 4.48. The van der Waals surface area contributed by atoms with Crippen LogP contribution < -0.4 is 10.1 Å².